The second-order valence-electron chi connectivity index (χ2n) is 5.23. The molecule has 2 unspecified atom stereocenters. The number of carbonyl (C=O) groups is 1. The summed E-state index contributed by atoms with van der Waals surface area (Å²) in [4.78, 5) is 14.2. The van der Waals surface area contributed by atoms with Crippen molar-refractivity contribution < 1.29 is 4.79 Å². The van der Waals surface area contributed by atoms with Crippen molar-refractivity contribution in [2.45, 2.75) is 26.8 Å². The van der Waals surface area contributed by atoms with Crippen LogP contribution in [0.15, 0.2) is 18.2 Å². The molecule has 17 heavy (non-hydrogen) atoms. The molecular weight excluding hydrogens is 212 g/mol. The van der Waals surface area contributed by atoms with Gasteiger partial charge in [-0.2, -0.15) is 0 Å². The Balaban J connectivity index is 2.20. The maximum absolute atomic E-state index is 12.3. The van der Waals surface area contributed by atoms with E-state index < -0.39 is 0 Å². The fourth-order valence-corrected chi connectivity index (χ4v) is 2.44. The van der Waals surface area contributed by atoms with Crippen LogP contribution >= 0.6 is 0 Å². The minimum Gasteiger partial charge on any atom is -0.337 e. The van der Waals surface area contributed by atoms with E-state index in [2.05, 4.69) is 13.0 Å². The van der Waals surface area contributed by atoms with Crippen molar-refractivity contribution in [1.29, 1.82) is 0 Å². The van der Waals surface area contributed by atoms with Crippen molar-refractivity contribution >= 4 is 5.91 Å². The predicted octanol–water partition coefficient (Wildman–Crippen LogP) is 1.72. The number of carbonyl (C=O) groups excluding carboxylic acids is 1. The molecule has 0 saturated carbocycles. The Bertz CT molecular complexity index is 412. The van der Waals surface area contributed by atoms with Crippen molar-refractivity contribution in [3.63, 3.8) is 0 Å². The second kappa shape index (κ2) is 4.49. The van der Waals surface area contributed by atoms with E-state index in [9.17, 15) is 4.79 Å². The maximum atomic E-state index is 12.3. The average Bonchev–Trinajstić information content (AvgIpc) is 2.57. The first-order chi connectivity index (χ1) is 7.97. The average molecular weight is 232 g/mol. The van der Waals surface area contributed by atoms with Gasteiger partial charge < -0.3 is 10.6 Å². The summed E-state index contributed by atoms with van der Waals surface area (Å²) in [5, 5.41) is 0. The van der Waals surface area contributed by atoms with E-state index in [1.807, 2.05) is 30.9 Å². The number of rotatable bonds is 1. The molecule has 2 N–H and O–H groups in total. The molecule has 0 aromatic heterocycles. The van der Waals surface area contributed by atoms with Crippen molar-refractivity contribution in [2.24, 2.45) is 11.7 Å². The number of hydrogen-bond donors (Lipinski definition) is 1. The van der Waals surface area contributed by atoms with Crippen molar-refractivity contribution in [3.05, 3.63) is 34.9 Å². The molecule has 0 radical (unpaired) electrons. The quantitative estimate of drug-likeness (QED) is 0.801. The third kappa shape index (κ3) is 2.50. The molecule has 1 aliphatic rings. The first-order valence-corrected chi connectivity index (χ1v) is 6.10. The Kier molecular flexibility index (Phi) is 3.20. The first kappa shape index (κ1) is 12.1. The van der Waals surface area contributed by atoms with Gasteiger partial charge in [-0.3, -0.25) is 4.79 Å². The van der Waals surface area contributed by atoms with Gasteiger partial charge in [0.1, 0.15) is 0 Å². The molecule has 1 aromatic carbocycles. The molecule has 1 heterocycles. The zero-order valence-corrected chi connectivity index (χ0v) is 10.7. The number of amides is 1. The van der Waals surface area contributed by atoms with Crippen LogP contribution in [0.4, 0.5) is 0 Å². The number of likely N-dealkylation sites (tertiary alicyclic amines) is 1. The minimum atomic E-state index is 0.108. The van der Waals surface area contributed by atoms with Crippen LogP contribution in [-0.4, -0.2) is 29.9 Å². The highest BCUT2D eigenvalue weighted by molar-refractivity contribution is 5.94. The highest BCUT2D eigenvalue weighted by atomic mass is 16.2. The summed E-state index contributed by atoms with van der Waals surface area (Å²) >= 11 is 0. The summed E-state index contributed by atoms with van der Waals surface area (Å²) in [7, 11) is 0. The summed E-state index contributed by atoms with van der Waals surface area (Å²) in [6.45, 7) is 7.57. The summed E-state index contributed by atoms with van der Waals surface area (Å²) in [6.07, 6.45) is 0. The lowest BCUT2D eigenvalue weighted by atomic mass is 10.1. The van der Waals surface area contributed by atoms with Gasteiger partial charge in [-0.15, -0.1) is 0 Å². The summed E-state index contributed by atoms with van der Waals surface area (Å²) in [5.41, 5.74) is 8.99. The predicted molar refractivity (Wildman–Crippen MR) is 69.0 cm³/mol. The molecular formula is C14H20N2O. The molecule has 0 aliphatic carbocycles. The van der Waals surface area contributed by atoms with Crippen LogP contribution in [0.3, 0.4) is 0 Å². The van der Waals surface area contributed by atoms with Gasteiger partial charge in [-0.05, 0) is 31.9 Å². The fraction of sp³-hybridized carbons (Fsp3) is 0.500. The zero-order valence-electron chi connectivity index (χ0n) is 10.7. The molecule has 2 rings (SSSR count). The molecule has 0 spiro atoms. The van der Waals surface area contributed by atoms with Crippen LogP contribution in [0.5, 0.6) is 0 Å². The molecule has 92 valence electrons. The molecule has 1 aromatic rings. The standard InChI is InChI=1S/C14H20N2O/c1-9-4-10(2)6-12(5-9)14(17)16-7-11(3)13(15)8-16/h4-6,11,13H,7-8,15H2,1-3H3. The Labute approximate surface area is 103 Å². The van der Waals surface area contributed by atoms with E-state index >= 15 is 0 Å². The van der Waals surface area contributed by atoms with Crippen LogP contribution < -0.4 is 5.73 Å². The summed E-state index contributed by atoms with van der Waals surface area (Å²) in [6, 6.07) is 6.09. The van der Waals surface area contributed by atoms with Crippen molar-refractivity contribution in [3.8, 4) is 0 Å². The first-order valence-electron chi connectivity index (χ1n) is 6.10. The van der Waals surface area contributed by atoms with Gasteiger partial charge in [-0.1, -0.05) is 24.1 Å². The SMILES string of the molecule is Cc1cc(C)cc(C(=O)N2CC(C)C(N)C2)c1. The van der Waals surface area contributed by atoms with Crippen LogP contribution in [0.25, 0.3) is 0 Å². The van der Waals surface area contributed by atoms with Crippen molar-refractivity contribution in [1.82, 2.24) is 4.90 Å². The lowest BCUT2D eigenvalue weighted by Gasteiger charge is -2.16. The maximum Gasteiger partial charge on any atom is 0.253 e. The van der Waals surface area contributed by atoms with Gasteiger partial charge in [0, 0.05) is 24.7 Å². The van der Waals surface area contributed by atoms with E-state index in [1.165, 1.54) is 0 Å². The van der Waals surface area contributed by atoms with Gasteiger partial charge in [0.25, 0.3) is 5.91 Å². The van der Waals surface area contributed by atoms with Gasteiger partial charge in [0.15, 0.2) is 0 Å². The minimum absolute atomic E-state index is 0.108. The lowest BCUT2D eigenvalue weighted by molar-refractivity contribution is 0.0786. The van der Waals surface area contributed by atoms with Gasteiger partial charge in [0.2, 0.25) is 0 Å². The van der Waals surface area contributed by atoms with E-state index in [-0.39, 0.29) is 11.9 Å². The number of nitrogens with two attached hydrogens (primary N) is 1. The molecule has 2 atom stereocenters. The molecule has 3 nitrogen and oxygen atoms in total. The van der Waals surface area contributed by atoms with Crippen LogP contribution in [-0.2, 0) is 0 Å². The zero-order chi connectivity index (χ0) is 12.6. The monoisotopic (exact) mass is 232 g/mol. The Morgan fingerprint density at radius 2 is 1.82 bits per heavy atom. The summed E-state index contributed by atoms with van der Waals surface area (Å²) < 4.78 is 0. The van der Waals surface area contributed by atoms with Crippen LogP contribution in [0, 0.1) is 19.8 Å². The smallest absolute Gasteiger partial charge is 0.253 e. The molecule has 3 heteroatoms. The number of benzene rings is 1. The lowest BCUT2D eigenvalue weighted by Crippen LogP contribution is -2.32. The number of hydrogen-bond acceptors (Lipinski definition) is 2. The number of nitrogens with zero attached hydrogens (tertiary/aromatic N) is 1. The third-order valence-corrected chi connectivity index (χ3v) is 3.43. The normalized spacial score (nSPS) is 24.1. The molecule has 1 aliphatic heterocycles. The topological polar surface area (TPSA) is 46.3 Å². The fourth-order valence-electron chi connectivity index (χ4n) is 2.44. The third-order valence-electron chi connectivity index (χ3n) is 3.43. The molecule has 1 saturated heterocycles. The number of aryl methyl sites for hydroxylation is 2. The van der Waals surface area contributed by atoms with Gasteiger partial charge >= 0.3 is 0 Å². The Morgan fingerprint density at radius 3 is 2.29 bits per heavy atom. The van der Waals surface area contributed by atoms with E-state index in [0.29, 0.717) is 12.5 Å². The Hall–Kier alpha value is -1.35. The molecule has 0 bridgehead atoms. The highest BCUT2D eigenvalue weighted by Crippen LogP contribution is 2.18. The Morgan fingerprint density at radius 1 is 1.24 bits per heavy atom. The van der Waals surface area contributed by atoms with Gasteiger partial charge in [0.05, 0.1) is 0 Å². The summed E-state index contributed by atoms with van der Waals surface area (Å²) in [5.74, 6) is 0.501. The largest absolute Gasteiger partial charge is 0.337 e. The van der Waals surface area contributed by atoms with Crippen molar-refractivity contribution in [2.75, 3.05) is 13.1 Å². The second-order valence-corrected chi connectivity index (χ2v) is 5.23. The van der Waals surface area contributed by atoms with Crippen LogP contribution in [0.1, 0.15) is 28.4 Å². The molecule has 1 amide bonds. The van der Waals surface area contributed by atoms with E-state index in [1.54, 1.807) is 0 Å². The molecule has 1 fully saturated rings. The van der Waals surface area contributed by atoms with Crippen LogP contribution in [0.2, 0.25) is 0 Å². The van der Waals surface area contributed by atoms with Gasteiger partial charge in [-0.25, -0.2) is 0 Å². The van der Waals surface area contributed by atoms with E-state index in [0.717, 1.165) is 23.2 Å². The highest BCUT2D eigenvalue weighted by Gasteiger charge is 2.30. The van der Waals surface area contributed by atoms with E-state index in [4.69, 9.17) is 5.73 Å².